The fraction of sp³-hybridized carbons (Fsp3) is 0.261. The standard InChI is InChI=1S/C23H24N2O4S/c1-15(19-9-5-7-16-6-3-4-8-20(16)19)24-23(26)17-10-13-21(29-2)22(14-17)30(27,28)25-18-11-12-18/h3-10,13-15,18,25H,11-12H2,1-2H3,(H,24,26). The number of hydrogen-bond donors (Lipinski definition) is 2. The third-order valence-electron chi connectivity index (χ3n) is 5.25. The summed E-state index contributed by atoms with van der Waals surface area (Å²) < 4.78 is 33.3. The van der Waals surface area contributed by atoms with E-state index in [1.54, 1.807) is 6.07 Å². The van der Waals surface area contributed by atoms with E-state index in [0.717, 1.165) is 29.2 Å². The van der Waals surface area contributed by atoms with Crippen molar-refractivity contribution in [1.82, 2.24) is 10.0 Å². The number of amides is 1. The second-order valence-corrected chi connectivity index (χ2v) is 9.21. The molecule has 0 heterocycles. The number of nitrogens with one attached hydrogen (secondary N) is 2. The van der Waals surface area contributed by atoms with Crippen LogP contribution in [0.25, 0.3) is 10.8 Å². The number of carbonyl (C=O) groups excluding carboxylic acids is 1. The first kappa shape index (κ1) is 20.4. The van der Waals surface area contributed by atoms with Crippen molar-refractivity contribution in [3.05, 3.63) is 71.8 Å². The molecule has 1 unspecified atom stereocenters. The number of benzene rings is 3. The van der Waals surface area contributed by atoms with Crippen LogP contribution in [0.2, 0.25) is 0 Å². The largest absolute Gasteiger partial charge is 0.495 e. The molecule has 2 N–H and O–H groups in total. The SMILES string of the molecule is COc1ccc(C(=O)NC(C)c2cccc3ccccc23)cc1S(=O)(=O)NC1CC1. The number of carbonyl (C=O) groups is 1. The van der Waals surface area contributed by atoms with Gasteiger partial charge in [0.25, 0.3) is 5.91 Å². The molecule has 0 aliphatic heterocycles. The van der Waals surface area contributed by atoms with Crippen molar-refractivity contribution in [2.24, 2.45) is 0 Å². The fourth-order valence-corrected chi connectivity index (χ4v) is 5.00. The first-order valence-corrected chi connectivity index (χ1v) is 11.4. The van der Waals surface area contributed by atoms with Crippen LogP contribution in [0.3, 0.4) is 0 Å². The minimum atomic E-state index is -3.76. The normalized spacial score (nSPS) is 15.0. The first-order valence-electron chi connectivity index (χ1n) is 9.88. The van der Waals surface area contributed by atoms with E-state index < -0.39 is 10.0 Å². The van der Waals surface area contributed by atoms with Gasteiger partial charge in [-0.05, 0) is 54.3 Å². The summed E-state index contributed by atoms with van der Waals surface area (Å²) in [4.78, 5) is 12.9. The lowest BCUT2D eigenvalue weighted by atomic mass is 9.99. The van der Waals surface area contributed by atoms with Crippen LogP contribution in [0.5, 0.6) is 5.75 Å². The molecule has 0 aromatic heterocycles. The Labute approximate surface area is 176 Å². The van der Waals surface area contributed by atoms with Gasteiger partial charge in [-0.25, -0.2) is 13.1 Å². The molecule has 0 bridgehead atoms. The zero-order valence-electron chi connectivity index (χ0n) is 16.9. The van der Waals surface area contributed by atoms with Crippen molar-refractivity contribution in [1.29, 1.82) is 0 Å². The average molecular weight is 425 g/mol. The highest BCUT2D eigenvalue weighted by atomic mass is 32.2. The van der Waals surface area contributed by atoms with Crippen LogP contribution in [-0.4, -0.2) is 27.5 Å². The topological polar surface area (TPSA) is 84.5 Å². The van der Waals surface area contributed by atoms with Crippen LogP contribution in [-0.2, 0) is 10.0 Å². The number of ether oxygens (including phenoxy) is 1. The van der Waals surface area contributed by atoms with Gasteiger partial charge < -0.3 is 10.1 Å². The Balaban J connectivity index is 1.61. The highest BCUT2D eigenvalue weighted by molar-refractivity contribution is 7.89. The maximum atomic E-state index is 12.9. The van der Waals surface area contributed by atoms with E-state index in [2.05, 4.69) is 10.0 Å². The van der Waals surface area contributed by atoms with E-state index in [-0.39, 0.29) is 34.2 Å². The minimum absolute atomic E-state index is 0.0256. The number of hydrogen-bond acceptors (Lipinski definition) is 4. The molecule has 156 valence electrons. The molecular weight excluding hydrogens is 400 g/mol. The Morgan fingerprint density at radius 1 is 1.07 bits per heavy atom. The van der Waals surface area contributed by atoms with Crippen LogP contribution in [0, 0.1) is 0 Å². The summed E-state index contributed by atoms with van der Waals surface area (Å²) in [5.74, 6) is -0.136. The third-order valence-corrected chi connectivity index (χ3v) is 6.79. The molecule has 0 radical (unpaired) electrons. The molecule has 7 heteroatoms. The summed E-state index contributed by atoms with van der Waals surface area (Å²) >= 11 is 0. The molecule has 1 saturated carbocycles. The predicted octanol–water partition coefficient (Wildman–Crippen LogP) is 3.78. The van der Waals surface area contributed by atoms with Crippen molar-refractivity contribution in [3.63, 3.8) is 0 Å². The summed E-state index contributed by atoms with van der Waals surface area (Å²) in [5.41, 5.74) is 1.26. The molecular formula is C23H24N2O4S. The van der Waals surface area contributed by atoms with E-state index >= 15 is 0 Å². The minimum Gasteiger partial charge on any atom is -0.495 e. The fourth-order valence-electron chi connectivity index (χ4n) is 3.50. The van der Waals surface area contributed by atoms with Gasteiger partial charge in [-0.3, -0.25) is 4.79 Å². The van der Waals surface area contributed by atoms with E-state index in [9.17, 15) is 13.2 Å². The highest BCUT2D eigenvalue weighted by Gasteiger charge is 2.30. The smallest absolute Gasteiger partial charge is 0.251 e. The Bertz CT molecular complexity index is 1200. The maximum absolute atomic E-state index is 12.9. The van der Waals surface area contributed by atoms with Gasteiger partial charge in [-0.15, -0.1) is 0 Å². The van der Waals surface area contributed by atoms with Gasteiger partial charge in [0.1, 0.15) is 10.6 Å². The lowest BCUT2D eigenvalue weighted by Crippen LogP contribution is -2.28. The van der Waals surface area contributed by atoms with Crippen molar-refractivity contribution >= 4 is 26.7 Å². The lowest BCUT2D eigenvalue weighted by Gasteiger charge is -2.17. The predicted molar refractivity (Wildman–Crippen MR) is 116 cm³/mol. The molecule has 1 aliphatic rings. The van der Waals surface area contributed by atoms with Gasteiger partial charge in [-0.1, -0.05) is 42.5 Å². The van der Waals surface area contributed by atoms with E-state index in [1.807, 2.05) is 49.4 Å². The molecule has 1 atom stereocenters. The van der Waals surface area contributed by atoms with Crippen LogP contribution in [0.4, 0.5) is 0 Å². The summed E-state index contributed by atoms with van der Waals surface area (Å²) in [6.45, 7) is 1.91. The summed E-state index contributed by atoms with van der Waals surface area (Å²) in [6.07, 6.45) is 1.65. The molecule has 0 saturated heterocycles. The second-order valence-electron chi connectivity index (χ2n) is 7.52. The molecule has 1 amide bonds. The van der Waals surface area contributed by atoms with Gasteiger partial charge in [0.15, 0.2) is 0 Å². The van der Waals surface area contributed by atoms with Crippen LogP contribution >= 0.6 is 0 Å². The molecule has 0 spiro atoms. The van der Waals surface area contributed by atoms with Gasteiger partial charge >= 0.3 is 0 Å². The lowest BCUT2D eigenvalue weighted by molar-refractivity contribution is 0.0940. The van der Waals surface area contributed by atoms with E-state index in [0.29, 0.717) is 0 Å². The quantitative estimate of drug-likeness (QED) is 0.605. The maximum Gasteiger partial charge on any atom is 0.251 e. The Morgan fingerprint density at radius 2 is 1.80 bits per heavy atom. The van der Waals surface area contributed by atoms with E-state index in [4.69, 9.17) is 4.74 Å². The number of methoxy groups -OCH3 is 1. The molecule has 4 rings (SSSR count). The molecule has 3 aromatic carbocycles. The third kappa shape index (κ3) is 4.17. The summed E-state index contributed by atoms with van der Waals surface area (Å²) in [6, 6.07) is 18.1. The highest BCUT2D eigenvalue weighted by Crippen LogP contribution is 2.29. The van der Waals surface area contributed by atoms with Gasteiger partial charge in [0.2, 0.25) is 10.0 Å². The Morgan fingerprint density at radius 3 is 2.53 bits per heavy atom. The molecule has 30 heavy (non-hydrogen) atoms. The second kappa shape index (κ2) is 8.08. The van der Waals surface area contributed by atoms with Crippen molar-refractivity contribution in [2.75, 3.05) is 7.11 Å². The molecule has 3 aromatic rings. The van der Waals surface area contributed by atoms with Crippen LogP contribution < -0.4 is 14.8 Å². The summed E-state index contributed by atoms with van der Waals surface area (Å²) in [7, 11) is -2.35. The Kier molecular flexibility index (Phi) is 5.49. The number of fused-ring (bicyclic) bond motifs is 1. The van der Waals surface area contributed by atoms with E-state index in [1.165, 1.54) is 19.2 Å². The van der Waals surface area contributed by atoms with Crippen LogP contribution in [0.1, 0.15) is 41.7 Å². The molecule has 1 fully saturated rings. The molecule has 1 aliphatic carbocycles. The zero-order valence-corrected chi connectivity index (χ0v) is 17.7. The monoisotopic (exact) mass is 424 g/mol. The molecule has 6 nitrogen and oxygen atoms in total. The van der Waals surface area contributed by atoms with Crippen molar-refractivity contribution in [2.45, 2.75) is 36.7 Å². The van der Waals surface area contributed by atoms with Crippen LogP contribution in [0.15, 0.2) is 65.6 Å². The number of sulfonamides is 1. The van der Waals surface area contributed by atoms with Gasteiger partial charge in [-0.2, -0.15) is 0 Å². The van der Waals surface area contributed by atoms with Crippen molar-refractivity contribution < 1.29 is 17.9 Å². The zero-order chi connectivity index (χ0) is 21.3. The summed E-state index contributed by atoms with van der Waals surface area (Å²) in [5, 5.41) is 5.15. The first-order chi connectivity index (χ1) is 14.4. The van der Waals surface area contributed by atoms with Crippen molar-refractivity contribution in [3.8, 4) is 5.75 Å². The Hall–Kier alpha value is -2.90. The number of rotatable bonds is 7. The van der Waals surface area contributed by atoms with Gasteiger partial charge in [0.05, 0.1) is 13.2 Å². The van der Waals surface area contributed by atoms with Gasteiger partial charge in [0, 0.05) is 11.6 Å². The average Bonchev–Trinajstić information content (AvgIpc) is 3.56.